The number of thiocarbonyl (C=S) groups is 1. The number of nitrogens with one attached hydrogen (secondary N) is 1. The lowest BCUT2D eigenvalue weighted by atomic mass is 9.96. The molecule has 0 atom stereocenters. The number of halogens is 2. The van der Waals surface area contributed by atoms with E-state index >= 15 is 0 Å². The maximum absolute atomic E-state index is 6.30. The smallest absolute Gasteiger partial charge is 0.173 e. The van der Waals surface area contributed by atoms with E-state index in [0.29, 0.717) is 15.2 Å². The van der Waals surface area contributed by atoms with Gasteiger partial charge in [0.2, 0.25) is 0 Å². The minimum atomic E-state index is 0.235. The number of hydrogen-bond donors (Lipinski definition) is 1. The van der Waals surface area contributed by atoms with E-state index in [4.69, 9.17) is 35.4 Å². The van der Waals surface area contributed by atoms with Crippen molar-refractivity contribution in [3.63, 3.8) is 0 Å². The van der Waals surface area contributed by atoms with Gasteiger partial charge in [0.25, 0.3) is 0 Å². The molecule has 6 heteroatoms. The third-order valence-corrected chi connectivity index (χ3v) is 6.57. The van der Waals surface area contributed by atoms with Gasteiger partial charge in [0.15, 0.2) is 5.11 Å². The molecular weight excluding hydrogens is 433 g/mol. The van der Waals surface area contributed by atoms with Crippen LogP contribution in [0.25, 0.3) is 0 Å². The molecule has 1 saturated heterocycles. The van der Waals surface area contributed by atoms with Gasteiger partial charge in [-0.25, -0.2) is 0 Å². The summed E-state index contributed by atoms with van der Waals surface area (Å²) in [5.41, 5.74) is 3.36. The molecule has 1 N–H and O–H groups in total. The van der Waals surface area contributed by atoms with Crippen LogP contribution in [0.2, 0.25) is 10.0 Å². The van der Waals surface area contributed by atoms with Crippen molar-refractivity contribution in [2.24, 2.45) is 0 Å². The summed E-state index contributed by atoms with van der Waals surface area (Å²) in [7, 11) is 0. The van der Waals surface area contributed by atoms with E-state index in [1.807, 2.05) is 12.1 Å². The van der Waals surface area contributed by atoms with Crippen molar-refractivity contribution in [1.29, 1.82) is 0 Å². The van der Waals surface area contributed by atoms with E-state index in [2.05, 4.69) is 75.8 Å². The maximum Gasteiger partial charge on any atom is 0.173 e. The van der Waals surface area contributed by atoms with Crippen LogP contribution in [0.4, 0.5) is 5.69 Å². The van der Waals surface area contributed by atoms with E-state index in [1.165, 1.54) is 11.1 Å². The number of hydrogen-bond acceptors (Lipinski definition) is 2. The lowest BCUT2D eigenvalue weighted by Crippen LogP contribution is -2.51. The predicted octanol–water partition coefficient (Wildman–Crippen LogP) is 6.10. The minimum Gasteiger partial charge on any atom is -0.346 e. The van der Waals surface area contributed by atoms with Gasteiger partial charge in [-0.1, -0.05) is 89.9 Å². The van der Waals surface area contributed by atoms with Crippen LogP contribution in [0.5, 0.6) is 0 Å². The highest BCUT2D eigenvalue weighted by atomic mass is 35.5. The van der Waals surface area contributed by atoms with Crippen molar-refractivity contribution in [2.75, 3.05) is 31.5 Å². The van der Waals surface area contributed by atoms with Gasteiger partial charge in [0, 0.05) is 26.2 Å². The van der Waals surface area contributed by atoms with Crippen molar-refractivity contribution in [1.82, 2.24) is 9.80 Å². The molecule has 0 saturated carbocycles. The lowest BCUT2D eigenvalue weighted by molar-refractivity contribution is 0.151. The molecule has 0 bridgehead atoms. The normalized spacial score (nSPS) is 14.7. The Bertz CT molecular complexity index is 950. The van der Waals surface area contributed by atoms with Gasteiger partial charge in [0.1, 0.15) is 0 Å². The van der Waals surface area contributed by atoms with E-state index < -0.39 is 0 Å². The summed E-state index contributed by atoms with van der Waals surface area (Å²) in [4.78, 5) is 4.71. The summed E-state index contributed by atoms with van der Waals surface area (Å²) >= 11 is 18.1. The number of nitrogens with zero attached hydrogens (tertiary/aromatic N) is 2. The number of anilines is 1. The second-order valence-corrected chi connectivity index (χ2v) is 8.45. The summed E-state index contributed by atoms with van der Waals surface area (Å²) in [6.45, 7) is 3.53. The fraction of sp³-hybridized carbons (Fsp3) is 0.208. The number of rotatable bonds is 4. The lowest BCUT2D eigenvalue weighted by Gasteiger charge is -2.40. The molecule has 0 aliphatic carbocycles. The first-order valence-corrected chi connectivity index (χ1v) is 11.1. The molecule has 4 rings (SSSR count). The summed E-state index contributed by atoms with van der Waals surface area (Å²) in [6, 6.07) is 27.1. The van der Waals surface area contributed by atoms with Gasteiger partial charge in [-0.2, -0.15) is 0 Å². The summed E-state index contributed by atoms with van der Waals surface area (Å²) in [6.07, 6.45) is 0. The Kier molecular flexibility index (Phi) is 6.90. The van der Waals surface area contributed by atoms with E-state index in [1.54, 1.807) is 6.07 Å². The quantitative estimate of drug-likeness (QED) is 0.478. The zero-order chi connectivity index (χ0) is 20.9. The largest absolute Gasteiger partial charge is 0.346 e. The van der Waals surface area contributed by atoms with Crippen LogP contribution in [-0.4, -0.2) is 41.1 Å². The van der Waals surface area contributed by atoms with Gasteiger partial charge in [-0.3, -0.25) is 4.90 Å². The molecule has 30 heavy (non-hydrogen) atoms. The molecule has 3 aromatic carbocycles. The monoisotopic (exact) mass is 455 g/mol. The molecule has 0 aromatic heterocycles. The predicted molar refractivity (Wildman–Crippen MR) is 131 cm³/mol. The van der Waals surface area contributed by atoms with Crippen LogP contribution in [-0.2, 0) is 0 Å². The third-order valence-electron chi connectivity index (χ3n) is 5.39. The van der Waals surface area contributed by atoms with Gasteiger partial charge in [-0.05, 0) is 35.5 Å². The topological polar surface area (TPSA) is 18.5 Å². The van der Waals surface area contributed by atoms with Crippen LogP contribution in [0, 0.1) is 0 Å². The SMILES string of the molecule is S=C(Nc1cccc(Cl)c1Cl)N1CCN(C(c2ccccc2)c2ccccc2)CC1. The fourth-order valence-corrected chi connectivity index (χ4v) is 4.50. The standard InChI is InChI=1S/C24H23Cl2N3S/c25-20-12-7-13-21(22(20)26)27-24(30)29-16-14-28(15-17-29)23(18-8-3-1-4-9-18)19-10-5-2-6-11-19/h1-13,23H,14-17H2,(H,27,30). The molecular formula is C24H23Cl2N3S. The Morgan fingerprint density at radius 1 is 0.767 bits per heavy atom. The number of benzene rings is 3. The van der Waals surface area contributed by atoms with Crippen molar-refractivity contribution < 1.29 is 0 Å². The van der Waals surface area contributed by atoms with Crippen LogP contribution in [0.1, 0.15) is 17.2 Å². The molecule has 0 amide bonds. The summed E-state index contributed by atoms with van der Waals surface area (Å²) in [5, 5.41) is 4.94. The highest BCUT2D eigenvalue weighted by molar-refractivity contribution is 7.80. The molecule has 0 radical (unpaired) electrons. The summed E-state index contributed by atoms with van der Waals surface area (Å²) < 4.78 is 0. The maximum atomic E-state index is 6.30. The van der Waals surface area contributed by atoms with E-state index in [-0.39, 0.29) is 6.04 Å². The molecule has 3 aromatic rings. The molecule has 1 aliphatic rings. The van der Waals surface area contributed by atoms with Crippen LogP contribution >= 0.6 is 35.4 Å². The summed E-state index contributed by atoms with van der Waals surface area (Å²) in [5.74, 6) is 0. The Morgan fingerprint density at radius 3 is 1.90 bits per heavy atom. The molecule has 154 valence electrons. The minimum absolute atomic E-state index is 0.235. The Hall–Kier alpha value is -2.11. The Morgan fingerprint density at radius 2 is 1.33 bits per heavy atom. The van der Waals surface area contributed by atoms with Gasteiger partial charge >= 0.3 is 0 Å². The van der Waals surface area contributed by atoms with Crippen LogP contribution in [0.3, 0.4) is 0 Å². The van der Waals surface area contributed by atoms with Crippen molar-refractivity contribution in [3.05, 3.63) is 100 Å². The van der Waals surface area contributed by atoms with E-state index in [0.717, 1.165) is 31.9 Å². The molecule has 0 unspecified atom stereocenters. The second kappa shape index (κ2) is 9.80. The first-order valence-electron chi connectivity index (χ1n) is 9.97. The molecule has 1 aliphatic heterocycles. The average Bonchev–Trinajstić information content (AvgIpc) is 2.79. The fourth-order valence-electron chi connectivity index (χ4n) is 3.86. The Labute approximate surface area is 193 Å². The van der Waals surface area contributed by atoms with Crippen molar-refractivity contribution in [2.45, 2.75) is 6.04 Å². The Balaban J connectivity index is 1.46. The number of piperazine rings is 1. The zero-order valence-corrected chi connectivity index (χ0v) is 18.8. The van der Waals surface area contributed by atoms with Crippen LogP contribution in [0.15, 0.2) is 78.9 Å². The third kappa shape index (κ3) is 4.79. The van der Waals surface area contributed by atoms with Gasteiger partial charge < -0.3 is 10.2 Å². The molecule has 0 spiro atoms. The average molecular weight is 456 g/mol. The van der Waals surface area contributed by atoms with E-state index in [9.17, 15) is 0 Å². The zero-order valence-electron chi connectivity index (χ0n) is 16.5. The molecule has 1 fully saturated rings. The van der Waals surface area contributed by atoms with Gasteiger partial charge in [0.05, 0.1) is 21.8 Å². The molecule has 3 nitrogen and oxygen atoms in total. The van der Waals surface area contributed by atoms with Gasteiger partial charge in [-0.15, -0.1) is 0 Å². The second-order valence-electron chi connectivity index (χ2n) is 7.28. The first kappa shape index (κ1) is 21.1. The molecule has 1 heterocycles. The highest BCUT2D eigenvalue weighted by Crippen LogP contribution is 2.31. The van der Waals surface area contributed by atoms with Crippen molar-refractivity contribution >= 4 is 46.2 Å². The highest BCUT2D eigenvalue weighted by Gasteiger charge is 2.27. The van der Waals surface area contributed by atoms with Crippen molar-refractivity contribution in [3.8, 4) is 0 Å². The first-order chi connectivity index (χ1) is 14.6. The van der Waals surface area contributed by atoms with Crippen LogP contribution < -0.4 is 5.32 Å².